The first-order chi connectivity index (χ1) is 6.51. The Morgan fingerprint density at radius 3 is 2.21 bits per heavy atom. The smallest absolute Gasteiger partial charge is 0.406 e. The predicted octanol–water partition coefficient (Wildman–Crippen LogP) is 2.35. The fraction of sp³-hybridized carbons (Fsp3) is 0.333. The molecule has 0 spiro atoms. The molecule has 1 aromatic carbocycles. The second-order valence-corrected chi connectivity index (χ2v) is 2.73. The lowest BCUT2D eigenvalue weighted by Gasteiger charge is -2.08. The van der Waals surface area contributed by atoms with Gasteiger partial charge in [-0.25, -0.2) is 0 Å². The molecular weight excluding hydrogens is 192 g/mol. The van der Waals surface area contributed by atoms with Crippen molar-refractivity contribution in [2.75, 3.05) is 0 Å². The zero-order valence-electron chi connectivity index (χ0n) is 7.64. The Hall–Kier alpha value is -1.13. The van der Waals surface area contributed by atoms with Gasteiger partial charge in [-0.3, -0.25) is 0 Å². The number of ether oxygens (including phenoxy) is 1. The number of rotatable bonds is 3. The lowest BCUT2D eigenvalue weighted by atomic mass is 9.68. The summed E-state index contributed by atoms with van der Waals surface area (Å²) in [6.45, 7) is 1.96. The van der Waals surface area contributed by atoms with E-state index >= 15 is 0 Å². The first-order valence-electron chi connectivity index (χ1n) is 4.20. The number of hydrogen-bond donors (Lipinski definition) is 0. The molecule has 0 bridgehead atoms. The minimum absolute atomic E-state index is 0.189. The second kappa shape index (κ2) is 4.40. The zero-order valence-corrected chi connectivity index (χ0v) is 7.64. The molecule has 14 heavy (non-hydrogen) atoms. The number of benzene rings is 1. The summed E-state index contributed by atoms with van der Waals surface area (Å²) in [4.78, 5) is 0. The van der Waals surface area contributed by atoms with Crippen molar-refractivity contribution in [3.8, 4) is 5.75 Å². The van der Waals surface area contributed by atoms with E-state index in [1.54, 1.807) is 12.1 Å². The van der Waals surface area contributed by atoms with Gasteiger partial charge in [0.1, 0.15) is 5.75 Å². The Labute approximate surface area is 81.1 Å². The molecule has 0 atom stereocenters. The Morgan fingerprint density at radius 1 is 1.21 bits per heavy atom. The van der Waals surface area contributed by atoms with Gasteiger partial charge in [-0.05, 0) is 12.1 Å². The molecule has 0 amide bonds. The van der Waals surface area contributed by atoms with Crippen LogP contribution in [0.1, 0.15) is 6.92 Å². The third-order valence-corrected chi connectivity index (χ3v) is 1.55. The first kappa shape index (κ1) is 11.0. The SMILES string of the molecule is CC[B]c1ccc(OC(F)(F)F)cc1. The van der Waals surface area contributed by atoms with Gasteiger partial charge in [0.25, 0.3) is 0 Å². The third kappa shape index (κ3) is 3.72. The molecule has 0 unspecified atom stereocenters. The maximum atomic E-state index is 11.8. The Bertz CT molecular complexity index is 281. The molecule has 0 N–H and O–H groups in total. The van der Waals surface area contributed by atoms with Crippen molar-refractivity contribution in [2.24, 2.45) is 0 Å². The molecule has 0 fully saturated rings. The lowest BCUT2D eigenvalue weighted by molar-refractivity contribution is -0.274. The molecule has 0 heterocycles. The van der Waals surface area contributed by atoms with Crippen molar-refractivity contribution in [3.63, 3.8) is 0 Å². The van der Waals surface area contributed by atoms with Crippen molar-refractivity contribution >= 4 is 12.7 Å². The highest BCUT2D eigenvalue weighted by molar-refractivity contribution is 6.53. The molecule has 75 valence electrons. The van der Waals surface area contributed by atoms with Crippen LogP contribution in [0, 0.1) is 0 Å². The molecule has 0 aliphatic carbocycles. The van der Waals surface area contributed by atoms with E-state index in [9.17, 15) is 13.2 Å². The van der Waals surface area contributed by atoms with Gasteiger partial charge >= 0.3 is 6.36 Å². The predicted molar refractivity (Wildman–Crippen MR) is 49.0 cm³/mol. The van der Waals surface area contributed by atoms with Crippen LogP contribution in [0.15, 0.2) is 24.3 Å². The highest BCUT2D eigenvalue weighted by atomic mass is 19.4. The van der Waals surface area contributed by atoms with Crippen molar-refractivity contribution in [3.05, 3.63) is 24.3 Å². The monoisotopic (exact) mass is 201 g/mol. The topological polar surface area (TPSA) is 9.23 Å². The largest absolute Gasteiger partial charge is 0.573 e. The Balaban J connectivity index is 2.64. The first-order valence-corrected chi connectivity index (χ1v) is 4.20. The summed E-state index contributed by atoms with van der Waals surface area (Å²) in [6.07, 6.45) is -3.77. The molecule has 1 nitrogen and oxygen atoms in total. The summed E-state index contributed by atoms with van der Waals surface area (Å²) in [5.41, 5.74) is 0.891. The van der Waals surface area contributed by atoms with Gasteiger partial charge in [-0.15, -0.1) is 13.2 Å². The molecule has 1 aromatic rings. The standard InChI is InChI=1S/C9H9BF3O/c1-2-10-7-3-5-8(6-4-7)14-9(11,12)13/h3-6H,2H2,1H3. The molecule has 0 saturated carbocycles. The van der Waals surface area contributed by atoms with Crippen molar-refractivity contribution in [2.45, 2.75) is 19.6 Å². The molecule has 1 rings (SSSR count). The van der Waals surface area contributed by atoms with Crippen LogP contribution >= 0.6 is 0 Å². The van der Waals surface area contributed by atoms with Gasteiger partial charge in [0.15, 0.2) is 7.28 Å². The van der Waals surface area contributed by atoms with Crippen LogP contribution in [-0.2, 0) is 0 Å². The van der Waals surface area contributed by atoms with Crippen LogP contribution in [0.3, 0.4) is 0 Å². The van der Waals surface area contributed by atoms with E-state index in [1.165, 1.54) is 12.1 Å². The molecule has 0 aliphatic heterocycles. The van der Waals surface area contributed by atoms with Crippen molar-refractivity contribution in [1.29, 1.82) is 0 Å². The van der Waals surface area contributed by atoms with E-state index < -0.39 is 6.36 Å². The highest BCUT2D eigenvalue weighted by Crippen LogP contribution is 2.21. The molecular formula is C9H9BF3O. The normalized spacial score (nSPS) is 11.1. The minimum atomic E-state index is -4.62. The molecule has 0 aliphatic rings. The second-order valence-electron chi connectivity index (χ2n) is 2.73. The summed E-state index contributed by atoms with van der Waals surface area (Å²) in [5.74, 6) is -0.189. The highest BCUT2D eigenvalue weighted by Gasteiger charge is 2.30. The van der Waals surface area contributed by atoms with Crippen LogP contribution in [0.4, 0.5) is 13.2 Å². The van der Waals surface area contributed by atoms with Crippen LogP contribution in [0.25, 0.3) is 0 Å². The fourth-order valence-corrected chi connectivity index (χ4v) is 1.04. The fourth-order valence-electron chi connectivity index (χ4n) is 1.04. The Morgan fingerprint density at radius 2 is 1.79 bits per heavy atom. The van der Waals surface area contributed by atoms with Gasteiger partial charge in [0, 0.05) is 0 Å². The summed E-state index contributed by atoms with van der Waals surface area (Å²) in [5, 5.41) is 0. The average Bonchev–Trinajstić information content (AvgIpc) is 2.06. The van der Waals surface area contributed by atoms with Crippen molar-refractivity contribution < 1.29 is 17.9 Å². The van der Waals surface area contributed by atoms with Gasteiger partial charge in [0.2, 0.25) is 0 Å². The average molecular weight is 201 g/mol. The number of alkyl halides is 3. The van der Waals surface area contributed by atoms with Gasteiger partial charge in [0.05, 0.1) is 0 Å². The van der Waals surface area contributed by atoms with E-state index in [4.69, 9.17) is 0 Å². The van der Waals surface area contributed by atoms with E-state index in [0.29, 0.717) is 0 Å². The van der Waals surface area contributed by atoms with Gasteiger partial charge in [-0.2, -0.15) is 0 Å². The molecule has 5 heteroatoms. The number of halogens is 3. The Kier molecular flexibility index (Phi) is 3.44. The van der Waals surface area contributed by atoms with Crippen LogP contribution in [0.2, 0.25) is 6.32 Å². The lowest BCUT2D eigenvalue weighted by Crippen LogP contribution is -2.18. The van der Waals surface area contributed by atoms with E-state index in [1.807, 2.05) is 14.2 Å². The number of hydrogen-bond acceptors (Lipinski definition) is 1. The van der Waals surface area contributed by atoms with E-state index in [0.717, 1.165) is 11.8 Å². The van der Waals surface area contributed by atoms with Crippen LogP contribution in [-0.4, -0.2) is 13.6 Å². The maximum absolute atomic E-state index is 11.8. The minimum Gasteiger partial charge on any atom is -0.406 e. The van der Waals surface area contributed by atoms with E-state index in [2.05, 4.69) is 4.74 Å². The van der Waals surface area contributed by atoms with Gasteiger partial charge in [-0.1, -0.05) is 30.8 Å². The van der Waals surface area contributed by atoms with Crippen LogP contribution in [0.5, 0.6) is 5.75 Å². The van der Waals surface area contributed by atoms with Crippen molar-refractivity contribution in [1.82, 2.24) is 0 Å². The quantitative estimate of drug-likeness (QED) is 0.682. The molecule has 0 aromatic heterocycles. The third-order valence-electron chi connectivity index (χ3n) is 1.55. The maximum Gasteiger partial charge on any atom is 0.573 e. The molecule has 0 saturated heterocycles. The summed E-state index contributed by atoms with van der Waals surface area (Å²) in [6, 6.07) is 5.78. The van der Waals surface area contributed by atoms with Crippen LogP contribution < -0.4 is 10.2 Å². The summed E-state index contributed by atoms with van der Waals surface area (Å²) < 4.78 is 39.0. The molecule has 1 radical (unpaired) electrons. The summed E-state index contributed by atoms with van der Waals surface area (Å²) >= 11 is 0. The van der Waals surface area contributed by atoms with E-state index in [-0.39, 0.29) is 5.75 Å². The zero-order chi connectivity index (χ0) is 10.6. The van der Waals surface area contributed by atoms with Gasteiger partial charge < -0.3 is 4.74 Å². The summed E-state index contributed by atoms with van der Waals surface area (Å²) in [7, 11) is 1.91.